The molecule has 1 atom stereocenters. The van der Waals surface area contributed by atoms with Crippen LogP contribution in [0.15, 0.2) is 35.7 Å². The highest BCUT2D eigenvalue weighted by atomic mass is 32.1. The fraction of sp³-hybridized carbons (Fsp3) is 0.364. The number of rotatable bonds is 4. The van der Waals surface area contributed by atoms with Gasteiger partial charge in [0, 0.05) is 34.8 Å². The lowest BCUT2D eigenvalue weighted by atomic mass is 9.80. The lowest BCUT2D eigenvalue weighted by Gasteiger charge is -2.31. The van der Waals surface area contributed by atoms with Gasteiger partial charge in [-0.25, -0.2) is 4.79 Å². The van der Waals surface area contributed by atoms with Crippen LogP contribution in [0.25, 0.3) is 0 Å². The van der Waals surface area contributed by atoms with Crippen molar-refractivity contribution in [3.8, 4) is 0 Å². The molecule has 2 aromatic rings. The molecule has 0 radical (unpaired) electrons. The number of hydrogen-bond acceptors (Lipinski definition) is 5. The van der Waals surface area contributed by atoms with E-state index < -0.39 is 17.5 Å². The Morgan fingerprint density at radius 1 is 1.10 bits per heavy atom. The van der Waals surface area contributed by atoms with E-state index in [0.717, 1.165) is 40.3 Å². The lowest BCUT2D eigenvalue weighted by molar-refractivity contribution is -0.134. The minimum atomic E-state index is -1.05. The van der Waals surface area contributed by atoms with Crippen molar-refractivity contribution >= 4 is 46.5 Å². The van der Waals surface area contributed by atoms with E-state index in [1.54, 1.807) is 40.5 Å². The summed E-state index contributed by atoms with van der Waals surface area (Å²) in [7, 11) is 0. The van der Waals surface area contributed by atoms with Crippen LogP contribution >= 0.6 is 11.3 Å². The summed E-state index contributed by atoms with van der Waals surface area (Å²) in [6.45, 7) is 0.350. The Morgan fingerprint density at radius 2 is 1.90 bits per heavy atom. The maximum atomic E-state index is 13.2. The molecule has 8 nitrogen and oxygen atoms in total. The molecular weight excluding hydrogens is 416 g/mol. The number of nitrogens with zero attached hydrogens (tertiary/aromatic N) is 2. The van der Waals surface area contributed by atoms with E-state index in [2.05, 4.69) is 10.6 Å². The van der Waals surface area contributed by atoms with Crippen LogP contribution in [-0.2, 0) is 26.3 Å². The fourth-order valence-corrected chi connectivity index (χ4v) is 5.67. The number of amides is 5. The van der Waals surface area contributed by atoms with E-state index in [0.29, 0.717) is 25.1 Å². The lowest BCUT2D eigenvalue weighted by Crippen LogP contribution is -2.46. The SMILES string of the molecule is O=C(CN1C(=O)NC2(CCCc3sccc32)C1=O)Nc1ccc(N2CCCC2=O)cc1. The molecule has 3 heterocycles. The molecule has 0 bridgehead atoms. The van der Waals surface area contributed by atoms with Crippen LogP contribution in [0.3, 0.4) is 0 Å². The van der Waals surface area contributed by atoms with Gasteiger partial charge in [-0.1, -0.05) is 0 Å². The van der Waals surface area contributed by atoms with Crippen LogP contribution < -0.4 is 15.5 Å². The van der Waals surface area contributed by atoms with Gasteiger partial charge in [0.15, 0.2) is 0 Å². The Balaban J connectivity index is 1.26. The van der Waals surface area contributed by atoms with Gasteiger partial charge in [-0.3, -0.25) is 19.3 Å². The number of carbonyl (C=O) groups is 4. The molecule has 5 rings (SSSR count). The molecule has 5 amide bonds. The van der Waals surface area contributed by atoms with E-state index in [1.807, 2.05) is 11.4 Å². The van der Waals surface area contributed by atoms with Gasteiger partial charge in [-0.05, 0) is 61.4 Å². The van der Waals surface area contributed by atoms with Gasteiger partial charge in [0.2, 0.25) is 11.8 Å². The highest BCUT2D eigenvalue weighted by Gasteiger charge is 2.54. The van der Waals surface area contributed by atoms with E-state index >= 15 is 0 Å². The van der Waals surface area contributed by atoms with Gasteiger partial charge in [0.1, 0.15) is 12.1 Å². The van der Waals surface area contributed by atoms with E-state index in [4.69, 9.17) is 0 Å². The first-order valence-corrected chi connectivity index (χ1v) is 11.3. The maximum absolute atomic E-state index is 13.2. The van der Waals surface area contributed by atoms with Crippen molar-refractivity contribution in [2.45, 2.75) is 37.6 Å². The van der Waals surface area contributed by atoms with Crippen LogP contribution in [-0.4, -0.2) is 41.7 Å². The number of thiophene rings is 1. The predicted octanol–water partition coefficient (Wildman–Crippen LogP) is 2.60. The van der Waals surface area contributed by atoms with Crippen molar-refractivity contribution in [1.82, 2.24) is 10.2 Å². The Morgan fingerprint density at radius 3 is 2.65 bits per heavy atom. The minimum Gasteiger partial charge on any atom is -0.325 e. The molecule has 2 N–H and O–H groups in total. The topological polar surface area (TPSA) is 98.8 Å². The number of nitrogens with one attached hydrogen (secondary N) is 2. The molecule has 2 aliphatic heterocycles. The van der Waals surface area contributed by atoms with Crippen molar-refractivity contribution in [3.05, 3.63) is 46.2 Å². The van der Waals surface area contributed by atoms with Crippen molar-refractivity contribution in [1.29, 1.82) is 0 Å². The molecule has 1 aromatic carbocycles. The van der Waals surface area contributed by atoms with Gasteiger partial charge >= 0.3 is 6.03 Å². The average molecular weight is 439 g/mol. The highest BCUT2D eigenvalue weighted by molar-refractivity contribution is 7.10. The third kappa shape index (κ3) is 3.29. The zero-order valence-corrected chi connectivity index (χ0v) is 17.7. The molecule has 1 spiro atoms. The van der Waals surface area contributed by atoms with Crippen LogP contribution in [0.2, 0.25) is 0 Å². The van der Waals surface area contributed by atoms with Gasteiger partial charge in [0.05, 0.1) is 0 Å². The standard InChI is InChI=1S/C22H22N4O4S/c27-18(23-14-5-7-15(8-6-14)25-11-2-4-19(25)28)13-26-20(29)22(24-21(26)30)10-1-3-17-16(22)9-12-31-17/h5-9,12H,1-4,10-11,13H2,(H,23,27)(H,24,30). The largest absolute Gasteiger partial charge is 0.325 e. The molecular formula is C22H22N4O4S. The van der Waals surface area contributed by atoms with E-state index in [-0.39, 0.29) is 18.4 Å². The van der Waals surface area contributed by atoms with Crippen molar-refractivity contribution in [2.75, 3.05) is 23.3 Å². The zero-order valence-electron chi connectivity index (χ0n) is 16.8. The molecule has 2 saturated heterocycles. The molecule has 1 unspecified atom stereocenters. The van der Waals surface area contributed by atoms with Gasteiger partial charge < -0.3 is 15.5 Å². The summed E-state index contributed by atoms with van der Waals surface area (Å²) >= 11 is 1.59. The van der Waals surface area contributed by atoms with Crippen LogP contribution in [0.5, 0.6) is 0 Å². The smallest absolute Gasteiger partial charge is 0.325 e. The maximum Gasteiger partial charge on any atom is 0.325 e. The van der Waals surface area contributed by atoms with Crippen molar-refractivity contribution in [3.63, 3.8) is 0 Å². The first-order chi connectivity index (χ1) is 15.0. The number of fused-ring (bicyclic) bond motifs is 2. The monoisotopic (exact) mass is 438 g/mol. The second kappa shape index (κ2) is 7.49. The quantitative estimate of drug-likeness (QED) is 0.717. The Bertz CT molecular complexity index is 1080. The van der Waals surface area contributed by atoms with Crippen molar-refractivity contribution < 1.29 is 19.2 Å². The van der Waals surface area contributed by atoms with E-state index in [1.165, 1.54) is 0 Å². The van der Waals surface area contributed by atoms with Gasteiger partial charge in [-0.2, -0.15) is 0 Å². The second-order valence-electron chi connectivity index (χ2n) is 8.08. The average Bonchev–Trinajstić information content (AvgIpc) is 3.46. The molecule has 160 valence electrons. The summed E-state index contributed by atoms with van der Waals surface area (Å²) in [6, 6.07) is 8.34. The number of carbonyl (C=O) groups excluding carboxylic acids is 4. The molecule has 0 saturated carbocycles. The number of aryl methyl sites for hydroxylation is 1. The normalized spacial score (nSPS) is 22.8. The molecule has 9 heteroatoms. The fourth-order valence-electron chi connectivity index (χ4n) is 4.67. The second-order valence-corrected chi connectivity index (χ2v) is 9.08. The minimum absolute atomic E-state index is 0.0979. The summed E-state index contributed by atoms with van der Waals surface area (Å²) in [4.78, 5) is 54.0. The summed E-state index contributed by atoms with van der Waals surface area (Å²) in [5, 5.41) is 7.52. The molecule has 1 aromatic heterocycles. The van der Waals surface area contributed by atoms with E-state index in [9.17, 15) is 19.2 Å². The number of hydrogen-bond donors (Lipinski definition) is 2. The van der Waals surface area contributed by atoms with Crippen LogP contribution in [0, 0.1) is 0 Å². The Kier molecular flexibility index (Phi) is 4.77. The number of urea groups is 1. The number of benzene rings is 1. The molecule has 1 aliphatic carbocycles. The zero-order chi connectivity index (χ0) is 21.6. The summed E-state index contributed by atoms with van der Waals surface area (Å²) < 4.78 is 0. The number of anilines is 2. The summed E-state index contributed by atoms with van der Waals surface area (Å²) in [5.74, 6) is -0.720. The van der Waals surface area contributed by atoms with Crippen LogP contribution in [0.4, 0.5) is 16.2 Å². The molecule has 31 heavy (non-hydrogen) atoms. The molecule has 3 aliphatic rings. The third-order valence-electron chi connectivity index (χ3n) is 6.17. The summed E-state index contributed by atoms with van der Waals surface area (Å²) in [5.41, 5.74) is 1.15. The van der Waals surface area contributed by atoms with Gasteiger partial charge in [0.25, 0.3) is 5.91 Å². The van der Waals surface area contributed by atoms with Gasteiger partial charge in [-0.15, -0.1) is 11.3 Å². The highest BCUT2D eigenvalue weighted by Crippen LogP contribution is 2.42. The van der Waals surface area contributed by atoms with Crippen LogP contribution in [0.1, 0.15) is 36.1 Å². The predicted molar refractivity (Wildman–Crippen MR) is 116 cm³/mol. The third-order valence-corrected chi connectivity index (χ3v) is 7.16. The first-order valence-electron chi connectivity index (χ1n) is 10.4. The Labute approximate surface area is 183 Å². The Hall–Kier alpha value is -3.20. The van der Waals surface area contributed by atoms with Crippen molar-refractivity contribution in [2.24, 2.45) is 0 Å². The number of imide groups is 1. The summed E-state index contributed by atoms with van der Waals surface area (Å²) in [6.07, 6.45) is 3.65. The first kappa shape index (κ1) is 19.7. The molecule has 2 fully saturated rings.